The normalized spacial score (nSPS) is 17.5. The molecule has 7 heteroatoms. The molecule has 0 fully saturated rings. The Hall–Kier alpha value is -0.920. The van der Waals surface area contributed by atoms with Crippen molar-refractivity contribution in [1.29, 1.82) is 11.1 Å². The molecule has 0 aromatic rings. The van der Waals surface area contributed by atoms with E-state index >= 15 is 0 Å². The minimum Gasteiger partial charge on any atom is -0.311 e. The minimum absolute atomic E-state index is 0.0259. The summed E-state index contributed by atoms with van der Waals surface area (Å²) in [6.45, 7) is 11.7. The number of nitrogens with zero attached hydrogens (tertiary/aromatic N) is 3. The molecule has 0 aromatic carbocycles. The number of rotatable bonds is 12. The predicted molar refractivity (Wildman–Crippen MR) is 81.6 cm³/mol. The maximum atomic E-state index is 6.99. The molecule has 0 aliphatic heterocycles. The molecule has 118 valence electrons. The second kappa shape index (κ2) is 10.8. The number of nitrogens with one attached hydrogen (secondary N) is 4. The smallest absolute Gasteiger partial charge is 0.0827 e. The molecule has 0 aromatic heterocycles. The lowest BCUT2D eigenvalue weighted by Gasteiger charge is -2.22. The Balaban J connectivity index is 3.66. The van der Waals surface area contributed by atoms with Crippen molar-refractivity contribution in [2.75, 3.05) is 33.2 Å². The number of hydrogen-bond donors (Lipinski definition) is 4. The summed E-state index contributed by atoms with van der Waals surface area (Å²) < 4.78 is 0. The van der Waals surface area contributed by atoms with Crippen LogP contribution in [0, 0.1) is 11.1 Å². The maximum absolute atomic E-state index is 6.99. The van der Waals surface area contributed by atoms with Crippen LogP contribution in [0.3, 0.4) is 0 Å². The van der Waals surface area contributed by atoms with Crippen LogP contribution < -0.4 is 10.6 Å². The van der Waals surface area contributed by atoms with Gasteiger partial charge in [-0.2, -0.15) is 10.2 Å². The van der Waals surface area contributed by atoms with Gasteiger partial charge in [-0.15, -0.1) is 0 Å². The highest BCUT2D eigenvalue weighted by atomic mass is 15.1. The van der Waals surface area contributed by atoms with E-state index < -0.39 is 0 Å². The van der Waals surface area contributed by atoms with Gasteiger partial charge in [-0.05, 0) is 34.7 Å². The third-order valence-electron chi connectivity index (χ3n) is 3.77. The Kier molecular flexibility index (Phi) is 10.3. The monoisotopic (exact) mass is 285 g/mol. The largest absolute Gasteiger partial charge is 0.311 e. The van der Waals surface area contributed by atoms with Gasteiger partial charge in [-0.1, -0.05) is 0 Å². The summed E-state index contributed by atoms with van der Waals surface area (Å²) in [6, 6.07) is 0.521. The summed E-state index contributed by atoms with van der Waals surface area (Å²) in [6.07, 6.45) is 0. The quantitative estimate of drug-likeness (QED) is 0.411. The summed E-state index contributed by atoms with van der Waals surface area (Å²) in [5.74, 6) is 0. The third-order valence-corrected chi connectivity index (χ3v) is 3.77. The van der Waals surface area contributed by atoms with Crippen molar-refractivity contribution in [3.63, 3.8) is 0 Å². The molecule has 0 saturated heterocycles. The average molecular weight is 285 g/mol. The summed E-state index contributed by atoms with van der Waals surface area (Å²) in [4.78, 5) is 2.25. The molecule has 4 atom stereocenters. The fraction of sp³-hybridized carbons (Fsp3) is 1.00. The van der Waals surface area contributed by atoms with Crippen LogP contribution in [-0.2, 0) is 0 Å². The van der Waals surface area contributed by atoms with E-state index in [0.29, 0.717) is 0 Å². The molecular weight excluding hydrogens is 254 g/mol. The maximum Gasteiger partial charge on any atom is 0.0827 e. The van der Waals surface area contributed by atoms with E-state index in [9.17, 15) is 0 Å². The Morgan fingerprint density at radius 3 is 1.50 bits per heavy atom. The van der Waals surface area contributed by atoms with Crippen molar-refractivity contribution in [2.24, 2.45) is 10.2 Å². The fourth-order valence-electron chi connectivity index (χ4n) is 1.64. The van der Waals surface area contributed by atoms with E-state index in [1.165, 1.54) is 0 Å². The first kappa shape index (κ1) is 19.1. The molecule has 0 heterocycles. The van der Waals surface area contributed by atoms with Crippen molar-refractivity contribution < 1.29 is 0 Å². The van der Waals surface area contributed by atoms with Crippen molar-refractivity contribution in [3.8, 4) is 0 Å². The van der Waals surface area contributed by atoms with Gasteiger partial charge in [0, 0.05) is 38.3 Å². The van der Waals surface area contributed by atoms with Crippen LogP contribution >= 0.6 is 0 Å². The minimum atomic E-state index is 0.0259. The zero-order valence-electron chi connectivity index (χ0n) is 13.5. The van der Waals surface area contributed by atoms with Crippen molar-refractivity contribution in [1.82, 2.24) is 15.5 Å². The van der Waals surface area contributed by atoms with Crippen molar-refractivity contribution in [3.05, 3.63) is 0 Å². The van der Waals surface area contributed by atoms with Gasteiger partial charge in [0.1, 0.15) is 0 Å². The Bertz CT molecular complexity index is 245. The van der Waals surface area contributed by atoms with Gasteiger partial charge >= 0.3 is 0 Å². The molecule has 0 spiro atoms. The standard InChI is InChI=1S/C13H31N7/c1-10(12(3)18-14)16-6-8-20(5)9-7-17-11(2)13(4)19-15/h10-17H,6-9H2,1-5H3. The van der Waals surface area contributed by atoms with E-state index in [0.717, 1.165) is 26.2 Å². The molecule has 4 unspecified atom stereocenters. The van der Waals surface area contributed by atoms with Crippen LogP contribution in [0.25, 0.3) is 0 Å². The summed E-state index contributed by atoms with van der Waals surface area (Å²) in [7, 11) is 2.09. The van der Waals surface area contributed by atoms with Crippen LogP contribution in [0.15, 0.2) is 10.2 Å². The number of likely N-dealkylation sites (N-methyl/N-ethyl adjacent to an activating group) is 1. The molecule has 20 heavy (non-hydrogen) atoms. The van der Waals surface area contributed by atoms with Crippen LogP contribution in [0.4, 0.5) is 0 Å². The lowest BCUT2D eigenvalue weighted by molar-refractivity contribution is 0.309. The van der Waals surface area contributed by atoms with Gasteiger partial charge in [-0.3, -0.25) is 0 Å². The highest BCUT2D eigenvalue weighted by Crippen LogP contribution is 1.97. The first-order valence-corrected chi connectivity index (χ1v) is 7.30. The molecule has 0 rings (SSSR count). The van der Waals surface area contributed by atoms with Crippen LogP contribution in [0.1, 0.15) is 27.7 Å². The second-order valence-corrected chi connectivity index (χ2v) is 5.53. The van der Waals surface area contributed by atoms with Gasteiger partial charge < -0.3 is 15.5 Å². The van der Waals surface area contributed by atoms with E-state index in [1.54, 1.807) is 0 Å². The van der Waals surface area contributed by atoms with E-state index in [-0.39, 0.29) is 24.2 Å². The Morgan fingerprint density at radius 1 is 0.850 bits per heavy atom. The molecule has 0 amide bonds. The predicted octanol–water partition coefficient (Wildman–Crippen LogP) is 1.71. The van der Waals surface area contributed by atoms with Gasteiger partial charge in [-0.25, -0.2) is 11.1 Å². The van der Waals surface area contributed by atoms with Crippen molar-refractivity contribution >= 4 is 0 Å². The van der Waals surface area contributed by atoms with Crippen LogP contribution in [-0.4, -0.2) is 62.3 Å². The fourth-order valence-corrected chi connectivity index (χ4v) is 1.64. The van der Waals surface area contributed by atoms with Gasteiger partial charge in [0.05, 0.1) is 12.1 Å². The molecule has 0 saturated carbocycles. The average Bonchev–Trinajstić information content (AvgIpc) is 2.44. The van der Waals surface area contributed by atoms with Gasteiger partial charge in [0.15, 0.2) is 0 Å². The summed E-state index contributed by atoms with van der Waals surface area (Å²) in [5.41, 5.74) is 14.0. The highest BCUT2D eigenvalue weighted by molar-refractivity contribution is 4.74. The van der Waals surface area contributed by atoms with Gasteiger partial charge in [0.25, 0.3) is 0 Å². The molecule has 0 radical (unpaired) electrons. The topological polar surface area (TPSA) is 99.7 Å². The molecule has 7 nitrogen and oxygen atoms in total. The molecular formula is C13H31N7. The SMILES string of the molecule is CC(N=N)C(C)NCCN(C)CCNC(C)C(C)N=N. The summed E-state index contributed by atoms with van der Waals surface area (Å²) >= 11 is 0. The van der Waals surface area contributed by atoms with Crippen molar-refractivity contribution in [2.45, 2.75) is 51.9 Å². The number of hydrogen-bond acceptors (Lipinski definition) is 7. The zero-order valence-corrected chi connectivity index (χ0v) is 13.5. The van der Waals surface area contributed by atoms with Crippen LogP contribution in [0.2, 0.25) is 0 Å². The van der Waals surface area contributed by atoms with E-state index in [2.05, 4.69) is 46.7 Å². The summed E-state index contributed by atoms with van der Waals surface area (Å²) in [5, 5.41) is 13.8. The first-order chi connectivity index (χ1) is 9.42. The second-order valence-electron chi connectivity index (χ2n) is 5.53. The third kappa shape index (κ3) is 8.29. The highest BCUT2D eigenvalue weighted by Gasteiger charge is 2.11. The Labute approximate surface area is 122 Å². The Morgan fingerprint density at radius 2 is 1.20 bits per heavy atom. The zero-order chi connectivity index (χ0) is 15.5. The molecule has 4 N–H and O–H groups in total. The molecule has 0 aliphatic rings. The molecule has 0 bridgehead atoms. The van der Waals surface area contributed by atoms with E-state index in [4.69, 9.17) is 11.1 Å². The first-order valence-electron chi connectivity index (χ1n) is 7.30. The molecule has 0 aliphatic carbocycles. The van der Waals surface area contributed by atoms with Gasteiger partial charge in [0.2, 0.25) is 0 Å². The lowest BCUT2D eigenvalue weighted by atomic mass is 10.2. The van der Waals surface area contributed by atoms with Crippen LogP contribution in [0.5, 0.6) is 0 Å². The van der Waals surface area contributed by atoms with E-state index in [1.807, 2.05) is 13.8 Å². The lowest BCUT2D eigenvalue weighted by Crippen LogP contribution is -2.42.